The third-order valence-corrected chi connectivity index (χ3v) is 12.6. The van der Waals surface area contributed by atoms with Crippen LogP contribution in [0.2, 0.25) is 11.1 Å². The fourth-order valence-corrected chi connectivity index (χ4v) is 10.6. The van der Waals surface area contributed by atoms with Crippen LogP contribution in [0, 0.1) is 11.8 Å². The summed E-state index contributed by atoms with van der Waals surface area (Å²) in [4.78, 5) is 12.2. The molecular formula is C23H30O2Si. The summed E-state index contributed by atoms with van der Waals surface area (Å²) in [7, 11) is -0.576. The number of carbonyl (C=O) groups is 1. The van der Waals surface area contributed by atoms with Crippen LogP contribution in [-0.4, -0.2) is 21.2 Å². The Morgan fingerprint density at radius 2 is 1.46 bits per heavy atom. The summed E-state index contributed by atoms with van der Waals surface area (Å²) in [5.41, 5.74) is 0. The van der Waals surface area contributed by atoms with Crippen molar-refractivity contribution in [2.24, 2.45) is 11.8 Å². The number of methoxy groups -OCH3 is 1. The zero-order valence-corrected chi connectivity index (χ0v) is 17.4. The second kappa shape index (κ2) is 7.40. The molecule has 2 aromatic rings. The van der Waals surface area contributed by atoms with Gasteiger partial charge < -0.3 is 4.74 Å². The van der Waals surface area contributed by atoms with Gasteiger partial charge in [0.2, 0.25) is 0 Å². The quantitative estimate of drug-likeness (QED) is 0.584. The summed E-state index contributed by atoms with van der Waals surface area (Å²) in [5, 5.41) is 3.08. The SMILES string of the molecule is COC(=O)C1CCC1C[Si](c1ccccc1)(c1ccccc1)C(C)(C)C. The van der Waals surface area contributed by atoms with E-state index in [-0.39, 0.29) is 16.9 Å². The van der Waals surface area contributed by atoms with Crippen molar-refractivity contribution < 1.29 is 9.53 Å². The summed E-state index contributed by atoms with van der Waals surface area (Å²) in [6.07, 6.45) is 2.10. The van der Waals surface area contributed by atoms with Crippen LogP contribution in [0.1, 0.15) is 33.6 Å². The second-order valence-corrected chi connectivity index (χ2v) is 13.4. The fourth-order valence-electron chi connectivity index (χ4n) is 4.69. The molecule has 2 atom stereocenters. The minimum Gasteiger partial charge on any atom is -0.469 e. The van der Waals surface area contributed by atoms with Gasteiger partial charge in [0.05, 0.1) is 13.0 Å². The van der Waals surface area contributed by atoms with Gasteiger partial charge in [0, 0.05) is 0 Å². The highest BCUT2D eigenvalue weighted by atomic mass is 28.3. The van der Waals surface area contributed by atoms with Gasteiger partial charge >= 0.3 is 5.97 Å². The lowest BCUT2D eigenvalue weighted by Gasteiger charge is -2.49. The average molecular weight is 367 g/mol. The summed E-state index contributed by atoms with van der Waals surface area (Å²) in [6, 6.07) is 23.1. The normalized spacial score (nSPS) is 20.3. The molecule has 1 fully saturated rings. The lowest BCUT2D eigenvalue weighted by molar-refractivity contribution is -0.151. The molecule has 0 N–H and O–H groups in total. The van der Waals surface area contributed by atoms with Gasteiger partial charge in [-0.3, -0.25) is 4.79 Å². The molecular weight excluding hydrogens is 336 g/mol. The van der Waals surface area contributed by atoms with Crippen LogP contribution in [0.3, 0.4) is 0 Å². The maximum Gasteiger partial charge on any atom is 0.308 e. The van der Waals surface area contributed by atoms with Gasteiger partial charge in [-0.1, -0.05) is 91.8 Å². The highest BCUT2D eigenvalue weighted by molar-refractivity contribution is 7.04. The zero-order chi connectivity index (χ0) is 18.8. The molecule has 138 valence electrons. The van der Waals surface area contributed by atoms with Crippen LogP contribution in [-0.2, 0) is 9.53 Å². The lowest BCUT2D eigenvalue weighted by Crippen LogP contribution is -2.65. The predicted octanol–water partition coefficient (Wildman–Crippen LogP) is 4.25. The van der Waals surface area contributed by atoms with Crippen molar-refractivity contribution >= 4 is 24.4 Å². The smallest absolute Gasteiger partial charge is 0.308 e. The lowest BCUT2D eigenvalue weighted by atomic mass is 9.75. The highest BCUT2D eigenvalue weighted by Crippen LogP contribution is 2.47. The summed E-state index contributed by atoms with van der Waals surface area (Å²) in [5.74, 6) is 0.467. The molecule has 26 heavy (non-hydrogen) atoms. The Balaban J connectivity index is 2.11. The highest BCUT2D eigenvalue weighted by Gasteiger charge is 2.52. The summed E-state index contributed by atoms with van der Waals surface area (Å²) >= 11 is 0. The second-order valence-electron chi connectivity index (χ2n) is 8.56. The van der Waals surface area contributed by atoms with E-state index < -0.39 is 8.07 Å². The third-order valence-electron chi connectivity index (χ3n) is 6.30. The molecule has 3 rings (SSSR count). The molecule has 0 saturated heterocycles. The van der Waals surface area contributed by atoms with E-state index in [1.165, 1.54) is 17.5 Å². The Bertz CT molecular complexity index is 694. The van der Waals surface area contributed by atoms with Crippen LogP contribution >= 0.6 is 0 Å². The third kappa shape index (κ3) is 3.25. The average Bonchev–Trinajstić information content (AvgIpc) is 2.62. The Kier molecular flexibility index (Phi) is 5.38. The fraction of sp³-hybridized carbons (Fsp3) is 0.435. The largest absolute Gasteiger partial charge is 0.469 e. The first kappa shape index (κ1) is 18.9. The topological polar surface area (TPSA) is 26.3 Å². The molecule has 0 spiro atoms. The monoisotopic (exact) mass is 366 g/mol. The molecule has 3 heteroatoms. The van der Waals surface area contributed by atoms with Crippen molar-refractivity contribution in [3.05, 3.63) is 60.7 Å². The van der Waals surface area contributed by atoms with Gasteiger partial charge in [-0.25, -0.2) is 0 Å². The first-order chi connectivity index (χ1) is 12.4. The van der Waals surface area contributed by atoms with Gasteiger partial charge in [-0.15, -0.1) is 0 Å². The van der Waals surface area contributed by atoms with E-state index in [0.29, 0.717) is 5.92 Å². The van der Waals surface area contributed by atoms with E-state index in [4.69, 9.17) is 4.74 Å². The Hall–Kier alpha value is -1.87. The first-order valence-corrected chi connectivity index (χ1v) is 11.8. The number of carbonyl (C=O) groups excluding carboxylic acids is 1. The summed E-state index contributed by atoms with van der Waals surface area (Å²) < 4.78 is 5.07. The minimum absolute atomic E-state index is 0.0285. The molecule has 1 saturated carbocycles. The molecule has 2 aromatic carbocycles. The molecule has 1 aliphatic carbocycles. The molecule has 0 amide bonds. The molecule has 0 radical (unpaired) electrons. The number of hydrogen-bond donors (Lipinski definition) is 0. The molecule has 2 nitrogen and oxygen atoms in total. The van der Waals surface area contributed by atoms with Crippen molar-refractivity contribution in [2.45, 2.75) is 44.7 Å². The van der Waals surface area contributed by atoms with Crippen molar-refractivity contribution in [3.63, 3.8) is 0 Å². The predicted molar refractivity (Wildman–Crippen MR) is 111 cm³/mol. The van der Waals surface area contributed by atoms with Crippen molar-refractivity contribution in [1.82, 2.24) is 0 Å². The number of benzene rings is 2. The first-order valence-electron chi connectivity index (χ1n) is 9.59. The van der Waals surface area contributed by atoms with Crippen molar-refractivity contribution in [1.29, 1.82) is 0 Å². The van der Waals surface area contributed by atoms with E-state index in [1.807, 2.05) is 0 Å². The van der Waals surface area contributed by atoms with Gasteiger partial charge in [-0.2, -0.15) is 0 Å². The number of esters is 1. The van der Waals surface area contributed by atoms with Crippen LogP contribution in [0.15, 0.2) is 60.7 Å². The molecule has 0 aromatic heterocycles. The molecule has 0 bridgehead atoms. The van der Waals surface area contributed by atoms with Gasteiger partial charge in [-0.05, 0) is 29.8 Å². The van der Waals surface area contributed by atoms with Crippen LogP contribution < -0.4 is 10.4 Å². The van der Waals surface area contributed by atoms with E-state index in [2.05, 4.69) is 81.4 Å². The van der Waals surface area contributed by atoms with E-state index in [9.17, 15) is 4.79 Å². The minimum atomic E-state index is -2.09. The Morgan fingerprint density at radius 3 is 1.81 bits per heavy atom. The molecule has 2 unspecified atom stereocenters. The van der Waals surface area contributed by atoms with Gasteiger partial charge in [0.25, 0.3) is 0 Å². The van der Waals surface area contributed by atoms with Gasteiger partial charge in [0.15, 0.2) is 0 Å². The van der Waals surface area contributed by atoms with Gasteiger partial charge in [0.1, 0.15) is 8.07 Å². The molecule has 1 aliphatic rings. The maximum absolute atomic E-state index is 12.2. The number of rotatable bonds is 5. The van der Waals surface area contributed by atoms with Crippen molar-refractivity contribution in [3.8, 4) is 0 Å². The van der Waals surface area contributed by atoms with E-state index >= 15 is 0 Å². The Labute approximate surface area is 158 Å². The van der Waals surface area contributed by atoms with E-state index in [1.54, 1.807) is 0 Å². The number of hydrogen-bond acceptors (Lipinski definition) is 2. The van der Waals surface area contributed by atoms with E-state index in [0.717, 1.165) is 18.9 Å². The van der Waals surface area contributed by atoms with Crippen molar-refractivity contribution in [2.75, 3.05) is 7.11 Å². The van der Waals surface area contributed by atoms with Crippen LogP contribution in [0.25, 0.3) is 0 Å². The number of ether oxygens (including phenoxy) is 1. The standard InChI is InChI=1S/C23H30O2Si/c1-23(2,3)26(19-11-7-5-8-12-19,20-13-9-6-10-14-20)17-18-15-16-21(18)22(24)25-4/h5-14,18,21H,15-17H2,1-4H3. The maximum atomic E-state index is 12.2. The summed E-state index contributed by atoms with van der Waals surface area (Å²) in [6.45, 7) is 7.14. The van der Waals surface area contributed by atoms with Crippen LogP contribution in [0.4, 0.5) is 0 Å². The Morgan fingerprint density at radius 1 is 0.962 bits per heavy atom. The van der Waals surface area contributed by atoms with Crippen LogP contribution in [0.5, 0.6) is 0 Å². The zero-order valence-electron chi connectivity index (χ0n) is 16.4. The molecule has 0 aliphatic heterocycles. The molecule has 0 heterocycles.